The minimum atomic E-state index is -3.51. The highest BCUT2D eigenvalue weighted by molar-refractivity contribution is 9.10. The Morgan fingerprint density at radius 2 is 1.87 bits per heavy atom. The largest absolute Gasteiger partial charge is 0.462 e. The van der Waals surface area contributed by atoms with Crippen LogP contribution in [0.2, 0.25) is 0 Å². The summed E-state index contributed by atoms with van der Waals surface area (Å²) in [6.07, 6.45) is 11.6. The number of allylic oxidation sites excluding steroid dienone is 3. The van der Waals surface area contributed by atoms with Gasteiger partial charge in [0, 0.05) is 84.3 Å². The summed E-state index contributed by atoms with van der Waals surface area (Å²) in [5.41, 5.74) is 10.2. The third-order valence-corrected chi connectivity index (χ3v) is 11.5. The Labute approximate surface area is 278 Å². The Balaban J connectivity index is 1.08. The maximum atomic E-state index is 12.7. The average Bonchev–Trinajstić information content (AvgIpc) is 3.43. The molecule has 1 aliphatic carbocycles. The molecule has 1 fully saturated rings. The molecule has 0 saturated carbocycles. The van der Waals surface area contributed by atoms with Crippen LogP contribution in [0.5, 0.6) is 0 Å². The number of rotatable bonds is 9. The maximum absolute atomic E-state index is 12.7. The Morgan fingerprint density at radius 3 is 2.59 bits per heavy atom. The molecule has 0 bridgehead atoms. The number of benzene rings is 1. The maximum Gasteiger partial charge on any atom is 0.315 e. The number of nitrogens with zero attached hydrogens (tertiary/aromatic N) is 5. The number of nitrogens with two attached hydrogens (primary N) is 1. The van der Waals surface area contributed by atoms with Gasteiger partial charge in [-0.05, 0) is 50.1 Å². The number of carbonyl (C=O) groups is 2. The van der Waals surface area contributed by atoms with Gasteiger partial charge in [-0.3, -0.25) is 9.48 Å². The lowest BCUT2D eigenvalue weighted by Gasteiger charge is -2.37. The summed E-state index contributed by atoms with van der Waals surface area (Å²) in [5.74, 6) is 0.231. The van der Waals surface area contributed by atoms with E-state index in [1.165, 1.54) is 17.8 Å². The van der Waals surface area contributed by atoms with Gasteiger partial charge in [-0.2, -0.15) is 5.10 Å². The van der Waals surface area contributed by atoms with Crippen LogP contribution < -0.4 is 5.73 Å². The highest BCUT2D eigenvalue weighted by Gasteiger charge is 2.30. The molecule has 13 heteroatoms. The summed E-state index contributed by atoms with van der Waals surface area (Å²) in [6, 6.07) is 7.93. The molecule has 1 saturated heterocycles. The number of ketones is 1. The van der Waals surface area contributed by atoms with Crippen LogP contribution in [0.1, 0.15) is 43.9 Å². The number of amides is 2. The molecule has 2 aromatic rings. The lowest BCUT2D eigenvalue weighted by atomic mass is 10.0. The third-order valence-electron chi connectivity index (χ3n) is 9.16. The molecule has 4 aliphatic rings. The number of likely N-dealkylation sites (tertiary alicyclic amines) is 1. The fourth-order valence-corrected chi connectivity index (χ4v) is 7.99. The molecule has 3 aliphatic heterocycles. The van der Waals surface area contributed by atoms with Gasteiger partial charge in [-0.25, -0.2) is 13.2 Å². The van der Waals surface area contributed by atoms with Crippen LogP contribution in [0.3, 0.4) is 0 Å². The summed E-state index contributed by atoms with van der Waals surface area (Å²) in [6.45, 7) is 6.27. The topological polar surface area (TPSA) is 131 Å². The fraction of sp³-hybridized carbons (Fsp3) is 0.424. The Morgan fingerprint density at radius 1 is 1.11 bits per heavy atom. The molecular weight excluding hydrogens is 672 g/mol. The summed E-state index contributed by atoms with van der Waals surface area (Å²) >= 11 is 3.51. The first-order valence-corrected chi connectivity index (χ1v) is 18.2. The molecule has 0 atom stereocenters. The summed E-state index contributed by atoms with van der Waals surface area (Å²) < 4.78 is 34.3. The molecule has 1 aromatic carbocycles. The number of piperidine rings is 1. The van der Waals surface area contributed by atoms with E-state index in [1.807, 2.05) is 36.7 Å². The van der Waals surface area contributed by atoms with E-state index in [0.29, 0.717) is 24.4 Å². The van der Waals surface area contributed by atoms with Crippen molar-refractivity contribution in [3.63, 3.8) is 0 Å². The van der Waals surface area contributed by atoms with Crippen LogP contribution in [0, 0.1) is 0 Å². The molecule has 244 valence electrons. The van der Waals surface area contributed by atoms with Crippen molar-refractivity contribution in [1.29, 1.82) is 0 Å². The van der Waals surface area contributed by atoms with Gasteiger partial charge in [0.1, 0.15) is 12.0 Å². The molecule has 4 heterocycles. The van der Waals surface area contributed by atoms with Crippen molar-refractivity contribution in [2.45, 2.75) is 58.2 Å². The second-order valence-electron chi connectivity index (χ2n) is 12.0. The first-order valence-electron chi connectivity index (χ1n) is 15.7. The van der Waals surface area contributed by atoms with Crippen molar-refractivity contribution in [2.24, 2.45) is 5.73 Å². The summed E-state index contributed by atoms with van der Waals surface area (Å²) in [7, 11) is -3.51. The second kappa shape index (κ2) is 13.6. The van der Waals surface area contributed by atoms with Crippen LogP contribution >= 0.6 is 15.9 Å². The van der Waals surface area contributed by atoms with Crippen LogP contribution in [0.25, 0.3) is 11.3 Å². The number of halogens is 1. The van der Waals surface area contributed by atoms with E-state index in [4.69, 9.17) is 15.6 Å². The van der Waals surface area contributed by atoms with Crippen molar-refractivity contribution >= 4 is 37.6 Å². The van der Waals surface area contributed by atoms with Crippen molar-refractivity contribution in [1.82, 2.24) is 24.5 Å². The number of hydrogen-bond donors (Lipinski definition) is 1. The highest BCUT2D eigenvalue weighted by Crippen LogP contribution is 2.33. The van der Waals surface area contributed by atoms with E-state index in [-0.39, 0.29) is 28.9 Å². The van der Waals surface area contributed by atoms with Gasteiger partial charge in [-0.1, -0.05) is 35.0 Å². The van der Waals surface area contributed by atoms with Crippen molar-refractivity contribution in [2.75, 3.05) is 31.9 Å². The number of primary amides is 1. The van der Waals surface area contributed by atoms with Crippen LogP contribution in [-0.2, 0) is 38.9 Å². The van der Waals surface area contributed by atoms with E-state index in [0.717, 1.165) is 73.2 Å². The van der Waals surface area contributed by atoms with Gasteiger partial charge in [0.05, 0.1) is 22.9 Å². The van der Waals surface area contributed by atoms with Crippen LogP contribution in [0.15, 0.2) is 75.8 Å². The number of ether oxygens (including phenoxy) is 1. The predicted molar refractivity (Wildman–Crippen MR) is 179 cm³/mol. The van der Waals surface area contributed by atoms with Gasteiger partial charge >= 0.3 is 6.03 Å². The number of fused-ring (bicyclic) bond motifs is 1. The van der Waals surface area contributed by atoms with E-state index < -0.39 is 15.9 Å². The first-order chi connectivity index (χ1) is 22.1. The molecule has 0 spiro atoms. The van der Waals surface area contributed by atoms with E-state index in [9.17, 15) is 18.0 Å². The molecule has 2 amide bonds. The molecule has 11 nitrogen and oxygen atoms in total. The van der Waals surface area contributed by atoms with Crippen molar-refractivity contribution in [3.05, 3.63) is 87.0 Å². The minimum Gasteiger partial charge on any atom is -0.462 e. The smallest absolute Gasteiger partial charge is 0.315 e. The zero-order chi connectivity index (χ0) is 32.4. The third kappa shape index (κ3) is 6.86. The lowest BCUT2D eigenvalue weighted by Crippen LogP contribution is -2.42. The molecule has 2 N–H and O–H groups in total. The fourth-order valence-electron chi connectivity index (χ4n) is 6.59. The second-order valence-corrected chi connectivity index (χ2v) is 15.2. The normalized spacial score (nSPS) is 19.3. The summed E-state index contributed by atoms with van der Waals surface area (Å²) in [4.78, 5) is 30.6. The van der Waals surface area contributed by atoms with Gasteiger partial charge in [0.25, 0.3) is 0 Å². The van der Waals surface area contributed by atoms with Gasteiger partial charge in [0.2, 0.25) is 0 Å². The SMILES string of the molecule is CCS(=O)(=O)C1=C(C2=CN(C3CCN(CCCn4nc(-c5ccc(Br)cc5)c5c4CCN(C(N)=O)C5)CC3)C=CO2)CC(=O)C=C1. The molecule has 6 rings (SSSR count). The Hall–Kier alpha value is -3.68. The number of sulfone groups is 1. The number of aryl methyl sites for hydroxylation is 1. The zero-order valence-electron chi connectivity index (χ0n) is 25.9. The van der Waals surface area contributed by atoms with Gasteiger partial charge in [0.15, 0.2) is 15.6 Å². The Kier molecular flexibility index (Phi) is 9.53. The van der Waals surface area contributed by atoms with E-state index in [2.05, 4.69) is 30.4 Å². The molecule has 1 aromatic heterocycles. The number of urea groups is 1. The van der Waals surface area contributed by atoms with Crippen molar-refractivity contribution in [3.8, 4) is 11.3 Å². The first kappa shape index (κ1) is 32.3. The lowest BCUT2D eigenvalue weighted by molar-refractivity contribution is -0.114. The average molecular weight is 712 g/mol. The quantitative estimate of drug-likeness (QED) is 0.404. The zero-order valence-corrected chi connectivity index (χ0v) is 28.3. The monoisotopic (exact) mass is 710 g/mol. The van der Waals surface area contributed by atoms with Gasteiger partial charge in [-0.15, -0.1) is 0 Å². The van der Waals surface area contributed by atoms with Crippen LogP contribution in [0.4, 0.5) is 4.79 Å². The van der Waals surface area contributed by atoms with E-state index >= 15 is 0 Å². The standard InChI is InChI=1S/C33H39BrN6O5S/c1-2-46(43,44)31-9-8-26(41)20-27(31)30-22-38(18-19-45-30)25-10-15-37(16-11-25)13-3-14-40-29-12-17-39(33(35)42)21-28(29)32(36-40)23-4-6-24(34)7-5-23/h4-9,18-19,22,25H,2-3,10-17,20-21H2,1H3,(H2,35,42). The van der Waals surface area contributed by atoms with Gasteiger partial charge < -0.3 is 25.2 Å². The number of hydrogen-bond acceptors (Lipinski definition) is 8. The summed E-state index contributed by atoms with van der Waals surface area (Å²) in [5, 5.41) is 5.02. The predicted octanol–water partition coefficient (Wildman–Crippen LogP) is 4.47. The minimum absolute atomic E-state index is 0.00447. The molecule has 0 radical (unpaired) electrons. The van der Waals surface area contributed by atoms with Crippen molar-refractivity contribution < 1.29 is 22.7 Å². The van der Waals surface area contributed by atoms with Crippen LogP contribution in [-0.4, -0.2) is 82.7 Å². The van der Waals surface area contributed by atoms with E-state index in [1.54, 1.807) is 18.1 Å². The number of aromatic nitrogens is 2. The number of carbonyl (C=O) groups excluding carboxylic acids is 2. The molecular formula is C33H39BrN6O5S. The Bertz CT molecular complexity index is 1740. The molecule has 46 heavy (non-hydrogen) atoms. The highest BCUT2D eigenvalue weighted by atomic mass is 79.9. The molecule has 0 unspecified atom stereocenters.